The second kappa shape index (κ2) is 5.91. The quantitative estimate of drug-likeness (QED) is 0.428. The van der Waals surface area contributed by atoms with Gasteiger partial charge in [-0.3, -0.25) is 0 Å². The first-order chi connectivity index (χ1) is 11.2. The zero-order valence-electron chi connectivity index (χ0n) is 12.1. The molecule has 114 valence electrons. The van der Waals surface area contributed by atoms with E-state index in [9.17, 15) is 0 Å². The summed E-state index contributed by atoms with van der Waals surface area (Å²) in [6.45, 7) is 0.753. The Morgan fingerprint density at radius 3 is 2.48 bits per heavy atom. The van der Waals surface area contributed by atoms with E-state index >= 15 is 0 Å². The minimum Gasteiger partial charge on any atom is -0.456 e. The monoisotopic (exact) mass is 385 g/mol. The average Bonchev–Trinajstić information content (AvgIpc) is 2.91. The molecule has 3 aromatic carbocycles. The number of hydrogen-bond donors (Lipinski definition) is 1. The molecule has 2 nitrogen and oxygen atoms in total. The van der Waals surface area contributed by atoms with Gasteiger partial charge in [0.05, 0.1) is 0 Å². The minimum atomic E-state index is 0.715. The second-order valence-corrected chi connectivity index (χ2v) is 6.69. The first kappa shape index (κ1) is 14.6. The van der Waals surface area contributed by atoms with Crippen LogP contribution in [0.2, 0.25) is 5.02 Å². The van der Waals surface area contributed by atoms with Crippen LogP contribution >= 0.6 is 27.5 Å². The van der Waals surface area contributed by atoms with Crippen molar-refractivity contribution in [1.82, 2.24) is 0 Å². The summed E-state index contributed by atoms with van der Waals surface area (Å²) in [4.78, 5) is 0. The fraction of sp³-hybridized carbons (Fsp3) is 0.0526. The molecule has 0 radical (unpaired) electrons. The molecule has 4 rings (SSSR count). The zero-order valence-corrected chi connectivity index (χ0v) is 14.5. The maximum atomic E-state index is 6.11. The van der Waals surface area contributed by atoms with Gasteiger partial charge in [-0.05, 0) is 48.0 Å². The molecule has 0 spiro atoms. The summed E-state index contributed by atoms with van der Waals surface area (Å²) in [5, 5.41) is 6.28. The van der Waals surface area contributed by atoms with Gasteiger partial charge in [0.2, 0.25) is 0 Å². The van der Waals surface area contributed by atoms with Crippen molar-refractivity contribution in [2.45, 2.75) is 6.54 Å². The number of nitrogens with one attached hydrogen (secondary N) is 1. The molecule has 0 saturated carbocycles. The van der Waals surface area contributed by atoms with Gasteiger partial charge in [0, 0.05) is 32.5 Å². The Bertz CT molecular complexity index is 1010. The summed E-state index contributed by atoms with van der Waals surface area (Å²) < 4.78 is 6.96. The van der Waals surface area contributed by atoms with Crippen LogP contribution < -0.4 is 5.32 Å². The first-order valence-corrected chi connectivity index (χ1v) is 8.47. The lowest BCUT2D eigenvalue weighted by Gasteiger charge is -2.08. The predicted octanol–water partition coefficient (Wildman–Crippen LogP) is 6.61. The van der Waals surface area contributed by atoms with Crippen molar-refractivity contribution in [3.63, 3.8) is 0 Å². The van der Waals surface area contributed by atoms with Crippen molar-refractivity contribution < 1.29 is 4.42 Å². The van der Waals surface area contributed by atoms with Gasteiger partial charge in [0.25, 0.3) is 0 Å². The summed E-state index contributed by atoms with van der Waals surface area (Å²) in [7, 11) is 0. The van der Waals surface area contributed by atoms with Crippen LogP contribution in [0.4, 0.5) is 5.69 Å². The third kappa shape index (κ3) is 2.82. The summed E-state index contributed by atoms with van der Waals surface area (Å²) in [6.07, 6.45) is 0. The van der Waals surface area contributed by atoms with Gasteiger partial charge < -0.3 is 9.73 Å². The maximum Gasteiger partial charge on any atom is 0.135 e. The van der Waals surface area contributed by atoms with E-state index in [1.807, 2.05) is 48.5 Å². The van der Waals surface area contributed by atoms with Gasteiger partial charge >= 0.3 is 0 Å². The minimum absolute atomic E-state index is 0.715. The lowest BCUT2D eigenvalue weighted by Crippen LogP contribution is -1.99. The number of halogens is 2. The number of furan rings is 1. The molecule has 0 aliphatic carbocycles. The summed E-state index contributed by atoms with van der Waals surface area (Å²) in [5.74, 6) is 0. The molecule has 0 saturated heterocycles. The van der Waals surface area contributed by atoms with Crippen molar-refractivity contribution >= 4 is 55.2 Å². The van der Waals surface area contributed by atoms with Crippen LogP contribution in [0.15, 0.2) is 69.6 Å². The third-order valence-electron chi connectivity index (χ3n) is 3.87. The summed E-state index contributed by atoms with van der Waals surface area (Å²) >= 11 is 9.69. The van der Waals surface area contributed by atoms with Crippen LogP contribution in [0, 0.1) is 0 Å². The van der Waals surface area contributed by atoms with Crippen LogP contribution in [-0.4, -0.2) is 0 Å². The highest BCUT2D eigenvalue weighted by Crippen LogP contribution is 2.32. The normalized spacial score (nSPS) is 11.2. The van der Waals surface area contributed by atoms with Gasteiger partial charge in [-0.15, -0.1) is 0 Å². The van der Waals surface area contributed by atoms with Gasteiger partial charge in [-0.2, -0.15) is 0 Å². The van der Waals surface area contributed by atoms with Crippen molar-refractivity contribution in [1.29, 1.82) is 0 Å². The standard InChI is InChI=1S/C19H13BrClNO/c20-17-4-2-1-3-12(17)11-22-14-6-8-19-16(10-14)15-9-13(21)5-7-18(15)23-19/h1-10,22H,11H2. The number of anilines is 1. The smallest absolute Gasteiger partial charge is 0.135 e. The van der Waals surface area contributed by atoms with E-state index in [1.54, 1.807) is 0 Å². The van der Waals surface area contributed by atoms with Gasteiger partial charge in [0.15, 0.2) is 0 Å². The zero-order chi connectivity index (χ0) is 15.8. The summed E-state index contributed by atoms with van der Waals surface area (Å²) in [5.41, 5.74) is 3.99. The lowest BCUT2D eigenvalue weighted by molar-refractivity contribution is 0.669. The molecule has 0 aliphatic heterocycles. The molecule has 0 amide bonds. The topological polar surface area (TPSA) is 25.2 Å². The fourth-order valence-electron chi connectivity index (χ4n) is 2.70. The van der Waals surface area contributed by atoms with Crippen LogP contribution in [-0.2, 0) is 6.54 Å². The Morgan fingerprint density at radius 1 is 0.913 bits per heavy atom. The Balaban J connectivity index is 1.69. The largest absolute Gasteiger partial charge is 0.456 e. The van der Waals surface area contributed by atoms with Crippen LogP contribution in [0.25, 0.3) is 21.9 Å². The van der Waals surface area contributed by atoms with Crippen molar-refractivity contribution in [3.8, 4) is 0 Å². The first-order valence-electron chi connectivity index (χ1n) is 7.30. The van der Waals surface area contributed by atoms with Crippen LogP contribution in [0.3, 0.4) is 0 Å². The Kier molecular flexibility index (Phi) is 3.76. The Morgan fingerprint density at radius 2 is 1.65 bits per heavy atom. The number of fused-ring (bicyclic) bond motifs is 3. The van der Waals surface area contributed by atoms with Crippen LogP contribution in [0.1, 0.15) is 5.56 Å². The SMILES string of the molecule is Clc1ccc2oc3ccc(NCc4ccccc4Br)cc3c2c1. The van der Waals surface area contributed by atoms with Crippen molar-refractivity contribution in [2.24, 2.45) is 0 Å². The molecular formula is C19H13BrClNO. The molecule has 1 heterocycles. The number of benzene rings is 3. The molecule has 4 aromatic rings. The van der Waals surface area contributed by atoms with Crippen molar-refractivity contribution in [2.75, 3.05) is 5.32 Å². The fourth-order valence-corrected chi connectivity index (χ4v) is 3.30. The predicted molar refractivity (Wildman–Crippen MR) is 100 cm³/mol. The highest BCUT2D eigenvalue weighted by Gasteiger charge is 2.08. The second-order valence-electron chi connectivity index (χ2n) is 5.40. The molecule has 0 aliphatic rings. The van der Waals surface area contributed by atoms with Crippen LogP contribution in [0.5, 0.6) is 0 Å². The third-order valence-corrected chi connectivity index (χ3v) is 4.88. The molecule has 0 atom stereocenters. The molecule has 1 aromatic heterocycles. The van der Waals surface area contributed by atoms with Crippen molar-refractivity contribution in [3.05, 3.63) is 75.7 Å². The number of hydrogen-bond acceptors (Lipinski definition) is 2. The van der Waals surface area contributed by atoms with Gasteiger partial charge in [-0.25, -0.2) is 0 Å². The molecular weight excluding hydrogens is 374 g/mol. The van der Waals surface area contributed by atoms with Gasteiger partial charge in [-0.1, -0.05) is 45.7 Å². The van der Waals surface area contributed by atoms with E-state index in [2.05, 4.69) is 33.4 Å². The Hall–Kier alpha value is -1.97. The molecule has 23 heavy (non-hydrogen) atoms. The molecule has 1 N–H and O–H groups in total. The highest BCUT2D eigenvalue weighted by molar-refractivity contribution is 9.10. The van der Waals surface area contributed by atoms with E-state index in [-0.39, 0.29) is 0 Å². The summed E-state index contributed by atoms with van der Waals surface area (Å²) in [6, 6.07) is 20.0. The van der Waals surface area contributed by atoms with Gasteiger partial charge in [0.1, 0.15) is 11.2 Å². The van der Waals surface area contributed by atoms with E-state index in [0.717, 1.165) is 38.6 Å². The van der Waals surface area contributed by atoms with E-state index < -0.39 is 0 Å². The lowest BCUT2D eigenvalue weighted by atomic mass is 10.1. The maximum absolute atomic E-state index is 6.11. The van der Waals surface area contributed by atoms with E-state index in [0.29, 0.717) is 5.02 Å². The van der Waals surface area contributed by atoms with E-state index in [4.69, 9.17) is 16.0 Å². The molecule has 0 bridgehead atoms. The molecule has 4 heteroatoms. The Labute approximate surface area is 147 Å². The molecule has 0 fully saturated rings. The highest BCUT2D eigenvalue weighted by atomic mass is 79.9. The number of rotatable bonds is 3. The van der Waals surface area contributed by atoms with E-state index in [1.165, 1.54) is 5.56 Å². The molecule has 0 unspecified atom stereocenters. The average molecular weight is 387 g/mol.